The maximum Gasteiger partial charge on any atom is 0.279 e. The minimum absolute atomic E-state index is 0.116. The van der Waals surface area contributed by atoms with Gasteiger partial charge >= 0.3 is 0 Å². The van der Waals surface area contributed by atoms with E-state index in [4.69, 9.17) is 4.74 Å². The van der Waals surface area contributed by atoms with Crippen molar-refractivity contribution in [3.05, 3.63) is 52.8 Å². The van der Waals surface area contributed by atoms with E-state index in [1.54, 1.807) is 22.7 Å². The van der Waals surface area contributed by atoms with Crippen LogP contribution in [0.5, 0.6) is 0 Å². The number of ether oxygens (including phenoxy) is 1. The number of para-hydroxylation sites is 2. The first-order chi connectivity index (χ1) is 13.2. The number of benzene rings is 1. The molecule has 1 aromatic carbocycles. The van der Waals surface area contributed by atoms with Gasteiger partial charge in [-0.25, -0.2) is 4.98 Å². The number of methoxy groups -OCH3 is 1. The van der Waals surface area contributed by atoms with Crippen molar-refractivity contribution < 1.29 is 4.74 Å². The van der Waals surface area contributed by atoms with Crippen LogP contribution in [0, 0.1) is 5.92 Å². The van der Waals surface area contributed by atoms with Crippen LogP contribution in [0.25, 0.3) is 22.4 Å². The van der Waals surface area contributed by atoms with E-state index in [1.807, 2.05) is 34.9 Å². The SMILES string of the molecule is COCCn1c(=O)c2c(-n3cc(C4CC4C)nn3)ncn2c2ccccc21. The van der Waals surface area contributed by atoms with Gasteiger partial charge in [-0.1, -0.05) is 24.3 Å². The molecule has 2 unspecified atom stereocenters. The quantitative estimate of drug-likeness (QED) is 0.541. The number of hydrogen-bond acceptors (Lipinski definition) is 5. The highest BCUT2D eigenvalue weighted by Gasteiger charge is 2.36. The topological polar surface area (TPSA) is 79.2 Å². The first-order valence-electron chi connectivity index (χ1n) is 9.09. The van der Waals surface area contributed by atoms with Gasteiger partial charge in [-0.15, -0.1) is 5.10 Å². The number of hydrogen-bond donors (Lipinski definition) is 0. The lowest BCUT2D eigenvalue weighted by atomic mass is 10.2. The summed E-state index contributed by atoms with van der Waals surface area (Å²) in [5.41, 5.74) is 3.10. The minimum Gasteiger partial charge on any atom is -0.383 e. The van der Waals surface area contributed by atoms with Crippen molar-refractivity contribution in [1.82, 2.24) is 28.9 Å². The van der Waals surface area contributed by atoms with E-state index >= 15 is 0 Å². The molecule has 3 aromatic heterocycles. The van der Waals surface area contributed by atoms with Crippen molar-refractivity contribution in [2.24, 2.45) is 5.92 Å². The number of fused-ring (bicyclic) bond motifs is 3. The fourth-order valence-corrected chi connectivity index (χ4v) is 3.71. The Morgan fingerprint density at radius 2 is 2.04 bits per heavy atom. The maximum atomic E-state index is 13.3. The third-order valence-electron chi connectivity index (χ3n) is 5.36. The van der Waals surface area contributed by atoms with E-state index in [1.165, 1.54) is 0 Å². The Morgan fingerprint density at radius 1 is 1.26 bits per heavy atom. The Hall–Kier alpha value is -3.00. The maximum absolute atomic E-state index is 13.3. The zero-order valence-corrected chi connectivity index (χ0v) is 15.2. The molecule has 8 heteroatoms. The predicted octanol–water partition coefficient (Wildman–Crippen LogP) is 2.00. The Bertz CT molecular complexity index is 1200. The van der Waals surface area contributed by atoms with Crippen LogP contribution < -0.4 is 5.56 Å². The second-order valence-corrected chi connectivity index (χ2v) is 7.13. The van der Waals surface area contributed by atoms with Gasteiger partial charge in [-0.05, 0) is 24.5 Å². The van der Waals surface area contributed by atoms with Gasteiger partial charge in [0.15, 0.2) is 11.3 Å². The fourth-order valence-electron chi connectivity index (χ4n) is 3.71. The lowest BCUT2D eigenvalue weighted by Gasteiger charge is -2.12. The molecule has 1 fully saturated rings. The summed E-state index contributed by atoms with van der Waals surface area (Å²) in [6.45, 7) is 3.13. The van der Waals surface area contributed by atoms with E-state index < -0.39 is 0 Å². The van der Waals surface area contributed by atoms with E-state index in [0.717, 1.165) is 23.1 Å². The third kappa shape index (κ3) is 2.48. The van der Waals surface area contributed by atoms with Crippen molar-refractivity contribution in [2.75, 3.05) is 13.7 Å². The van der Waals surface area contributed by atoms with Gasteiger partial charge in [0.2, 0.25) is 0 Å². The molecule has 4 aromatic rings. The molecule has 1 saturated carbocycles. The molecule has 0 amide bonds. The van der Waals surface area contributed by atoms with Gasteiger partial charge in [-0.2, -0.15) is 4.68 Å². The van der Waals surface area contributed by atoms with Crippen molar-refractivity contribution >= 4 is 16.6 Å². The van der Waals surface area contributed by atoms with Gasteiger partial charge in [0.05, 0.1) is 29.5 Å². The average Bonchev–Trinajstić information content (AvgIpc) is 3.10. The molecule has 0 spiro atoms. The Labute approximate surface area is 155 Å². The summed E-state index contributed by atoms with van der Waals surface area (Å²) in [6.07, 6.45) is 4.71. The first kappa shape index (κ1) is 16.2. The fraction of sp³-hybridized carbons (Fsp3) is 0.368. The van der Waals surface area contributed by atoms with Crippen LogP contribution in [0.1, 0.15) is 25.0 Å². The molecular formula is C19H20N6O2. The van der Waals surface area contributed by atoms with Crippen LogP contribution in [0.4, 0.5) is 0 Å². The summed E-state index contributed by atoms with van der Waals surface area (Å²) in [6, 6.07) is 7.80. The summed E-state index contributed by atoms with van der Waals surface area (Å²) in [5.74, 6) is 1.61. The second kappa shape index (κ2) is 6.02. The van der Waals surface area contributed by atoms with Crippen LogP contribution in [-0.4, -0.2) is 42.7 Å². The monoisotopic (exact) mass is 364 g/mol. The summed E-state index contributed by atoms with van der Waals surface area (Å²) in [5, 5.41) is 8.53. The molecule has 0 aliphatic heterocycles. The van der Waals surface area contributed by atoms with Crippen molar-refractivity contribution in [3.8, 4) is 5.82 Å². The lowest BCUT2D eigenvalue weighted by molar-refractivity contribution is 0.187. The highest BCUT2D eigenvalue weighted by atomic mass is 16.5. The zero-order valence-electron chi connectivity index (χ0n) is 15.2. The summed E-state index contributed by atoms with van der Waals surface area (Å²) in [7, 11) is 1.63. The van der Waals surface area contributed by atoms with E-state index in [-0.39, 0.29) is 5.56 Å². The number of rotatable bonds is 5. The van der Waals surface area contributed by atoms with E-state index in [9.17, 15) is 4.79 Å². The highest BCUT2D eigenvalue weighted by Crippen LogP contribution is 2.45. The summed E-state index contributed by atoms with van der Waals surface area (Å²) < 4.78 is 10.4. The van der Waals surface area contributed by atoms with Crippen molar-refractivity contribution in [2.45, 2.75) is 25.8 Å². The molecule has 2 atom stereocenters. The van der Waals surface area contributed by atoms with E-state index in [2.05, 4.69) is 22.2 Å². The van der Waals surface area contributed by atoms with Gasteiger partial charge in [0.1, 0.15) is 6.33 Å². The molecule has 1 aliphatic rings. The Morgan fingerprint density at radius 3 is 2.78 bits per heavy atom. The molecule has 3 heterocycles. The molecule has 0 N–H and O–H groups in total. The molecule has 138 valence electrons. The Balaban J connectivity index is 1.74. The predicted molar refractivity (Wildman–Crippen MR) is 100 cm³/mol. The third-order valence-corrected chi connectivity index (χ3v) is 5.36. The van der Waals surface area contributed by atoms with Crippen LogP contribution in [0.3, 0.4) is 0 Å². The number of aromatic nitrogens is 6. The normalized spacial score (nSPS) is 19.2. The molecule has 1 aliphatic carbocycles. The van der Waals surface area contributed by atoms with Gasteiger partial charge < -0.3 is 9.30 Å². The molecule has 27 heavy (non-hydrogen) atoms. The molecular weight excluding hydrogens is 344 g/mol. The lowest BCUT2D eigenvalue weighted by Crippen LogP contribution is -2.25. The molecule has 5 rings (SSSR count). The van der Waals surface area contributed by atoms with Crippen molar-refractivity contribution in [3.63, 3.8) is 0 Å². The first-order valence-corrected chi connectivity index (χ1v) is 9.09. The summed E-state index contributed by atoms with van der Waals surface area (Å²) in [4.78, 5) is 17.8. The molecule has 8 nitrogen and oxygen atoms in total. The van der Waals surface area contributed by atoms with E-state index in [0.29, 0.717) is 36.3 Å². The van der Waals surface area contributed by atoms with Crippen LogP contribution >= 0.6 is 0 Å². The molecule has 0 bridgehead atoms. The number of imidazole rings is 1. The van der Waals surface area contributed by atoms with Crippen LogP contribution in [0.2, 0.25) is 0 Å². The summed E-state index contributed by atoms with van der Waals surface area (Å²) >= 11 is 0. The molecule has 0 radical (unpaired) electrons. The largest absolute Gasteiger partial charge is 0.383 e. The van der Waals surface area contributed by atoms with Gasteiger partial charge in [0.25, 0.3) is 5.56 Å². The van der Waals surface area contributed by atoms with Crippen molar-refractivity contribution in [1.29, 1.82) is 0 Å². The second-order valence-electron chi connectivity index (χ2n) is 7.13. The smallest absolute Gasteiger partial charge is 0.279 e. The standard InChI is InChI=1S/C19H20N6O2/c1-12-9-13(12)14-10-25(22-21-14)18-17-19(26)23(7-8-27-2)15-5-3-4-6-16(15)24(17)11-20-18/h3-6,10-13H,7-9H2,1-2H3. The van der Waals surface area contributed by atoms with Gasteiger partial charge in [0, 0.05) is 19.6 Å². The van der Waals surface area contributed by atoms with Gasteiger partial charge in [-0.3, -0.25) is 9.20 Å². The highest BCUT2D eigenvalue weighted by molar-refractivity contribution is 5.80. The van der Waals surface area contributed by atoms with Crippen LogP contribution in [-0.2, 0) is 11.3 Å². The number of nitrogens with zero attached hydrogens (tertiary/aromatic N) is 6. The van der Waals surface area contributed by atoms with Crippen LogP contribution in [0.15, 0.2) is 41.6 Å². The molecule has 0 saturated heterocycles. The minimum atomic E-state index is -0.116. The Kier molecular flexibility index (Phi) is 3.61. The average molecular weight is 364 g/mol. The zero-order chi connectivity index (χ0) is 18.5.